The molecule has 28 heavy (non-hydrogen) atoms. The lowest BCUT2D eigenvalue weighted by Crippen LogP contribution is -2.44. The van der Waals surface area contributed by atoms with Crippen molar-refractivity contribution in [1.82, 2.24) is 0 Å². The summed E-state index contributed by atoms with van der Waals surface area (Å²) in [4.78, 5) is 8.75. The van der Waals surface area contributed by atoms with E-state index >= 15 is 0 Å². The van der Waals surface area contributed by atoms with Gasteiger partial charge >= 0.3 is 0 Å². The molecule has 0 radical (unpaired) electrons. The summed E-state index contributed by atoms with van der Waals surface area (Å²) in [6.07, 6.45) is 4.31. The second kappa shape index (κ2) is 17.3. The van der Waals surface area contributed by atoms with E-state index in [-0.39, 0.29) is 19.8 Å². The smallest absolute Gasteiger partial charge is 0.173 e. The number of rotatable bonds is 20. The summed E-state index contributed by atoms with van der Waals surface area (Å²) in [5, 5.41) is 29.3. The highest BCUT2D eigenvalue weighted by molar-refractivity contribution is 6.84. The van der Waals surface area contributed by atoms with Gasteiger partial charge in [-0.25, -0.2) is 4.89 Å². The van der Waals surface area contributed by atoms with Crippen molar-refractivity contribution in [2.24, 2.45) is 0 Å². The molecular weight excluding hydrogens is 408 g/mol. The minimum Gasteiger partial charge on any atom is -0.498 e. The van der Waals surface area contributed by atoms with Gasteiger partial charge in [-0.1, -0.05) is 0 Å². The summed E-state index contributed by atoms with van der Waals surface area (Å²) >= 11 is 0. The molecule has 168 valence electrons. The molecule has 0 aromatic carbocycles. The van der Waals surface area contributed by atoms with Gasteiger partial charge in [-0.15, -0.1) is 0 Å². The van der Waals surface area contributed by atoms with Crippen LogP contribution in [0.15, 0.2) is 12.5 Å². The van der Waals surface area contributed by atoms with Crippen molar-refractivity contribution in [2.45, 2.75) is 51.1 Å². The van der Waals surface area contributed by atoms with Gasteiger partial charge in [0.1, 0.15) is 12.9 Å². The Bertz CT molecular complexity index is 382. The van der Waals surface area contributed by atoms with Crippen molar-refractivity contribution in [1.29, 1.82) is 0 Å². The number of aliphatic hydroxyl groups excluding tert-OH is 2. The SMILES string of the molecule is C[Si](C)(CCCOC=COOOOOCCO)O[Si](C)(C)CCCOCCO. The first-order chi connectivity index (χ1) is 13.3. The maximum absolute atomic E-state index is 8.70. The Labute approximate surface area is 169 Å². The van der Waals surface area contributed by atoms with Crippen molar-refractivity contribution in [2.75, 3.05) is 39.6 Å². The fourth-order valence-electron chi connectivity index (χ4n) is 2.47. The lowest BCUT2D eigenvalue weighted by Gasteiger charge is -2.34. The van der Waals surface area contributed by atoms with Crippen LogP contribution in [0.4, 0.5) is 0 Å². The molecule has 0 aliphatic carbocycles. The predicted molar refractivity (Wildman–Crippen MR) is 105 cm³/mol. The molecule has 0 aromatic heterocycles. The molecule has 0 spiro atoms. The first-order valence-corrected chi connectivity index (χ1v) is 15.6. The molecule has 0 aromatic rings. The van der Waals surface area contributed by atoms with Crippen molar-refractivity contribution in [3.8, 4) is 0 Å². The van der Waals surface area contributed by atoms with Crippen LogP contribution in [0.5, 0.6) is 0 Å². The van der Waals surface area contributed by atoms with E-state index in [2.05, 4.69) is 51.1 Å². The summed E-state index contributed by atoms with van der Waals surface area (Å²) in [6.45, 7) is 10.3. The van der Waals surface area contributed by atoms with E-state index in [9.17, 15) is 0 Å². The monoisotopic (exact) mass is 444 g/mol. The van der Waals surface area contributed by atoms with E-state index in [1.807, 2.05) is 0 Å². The normalized spacial score (nSPS) is 12.6. The average molecular weight is 445 g/mol. The van der Waals surface area contributed by atoms with Crippen molar-refractivity contribution in [3.05, 3.63) is 12.5 Å². The first-order valence-electron chi connectivity index (χ1n) is 9.37. The summed E-state index contributed by atoms with van der Waals surface area (Å²) in [7, 11) is -3.48. The van der Waals surface area contributed by atoms with Crippen molar-refractivity contribution < 1.29 is 48.7 Å². The van der Waals surface area contributed by atoms with Gasteiger partial charge in [-0.2, -0.15) is 0 Å². The van der Waals surface area contributed by atoms with Crippen molar-refractivity contribution in [3.63, 3.8) is 0 Å². The number of hydrogen-bond donors (Lipinski definition) is 2. The molecule has 0 saturated heterocycles. The molecule has 0 saturated carbocycles. The van der Waals surface area contributed by atoms with Crippen LogP contribution in [0.25, 0.3) is 0 Å². The zero-order valence-corrected chi connectivity index (χ0v) is 19.4. The van der Waals surface area contributed by atoms with E-state index in [0.717, 1.165) is 31.2 Å². The van der Waals surface area contributed by atoms with Crippen molar-refractivity contribution >= 4 is 16.6 Å². The van der Waals surface area contributed by atoms with Gasteiger partial charge in [0.05, 0.1) is 26.4 Å². The number of ether oxygens (including phenoxy) is 2. The fraction of sp³-hybridized carbons (Fsp3) is 0.875. The summed E-state index contributed by atoms with van der Waals surface area (Å²) in [5.74, 6) is 0. The minimum absolute atomic E-state index is 0.0512. The standard InChI is InChI=1S/C16H36O10Si2/c1-27(2,15-5-9-19-11-7-17)26-28(3,4)16-6-10-20-13-14-22-24-25-23-21-12-8-18/h13-14,17-18H,5-12,15-16H2,1-4H3. The maximum Gasteiger partial charge on any atom is 0.173 e. The van der Waals surface area contributed by atoms with Crippen LogP contribution in [0.3, 0.4) is 0 Å². The topological polar surface area (TPSA) is 114 Å². The van der Waals surface area contributed by atoms with Crippen LogP contribution in [0.2, 0.25) is 38.3 Å². The number of aliphatic hydroxyl groups is 2. The zero-order valence-electron chi connectivity index (χ0n) is 17.4. The van der Waals surface area contributed by atoms with E-state index in [4.69, 9.17) is 23.8 Å². The van der Waals surface area contributed by atoms with Gasteiger partial charge in [-0.3, -0.25) is 0 Å². The molecule has 0 bridgehead atoms. The fourth-order valence-corrected chi connectivity index (χ4v) is 11.3. The lowest BCUT2D eigenvalue weighted by atomic mass is 10.5. The van der Waals surface area contributed by atoms with E-state index in [1.54, 1.807) is 0 Å². The largest absolute Gasteiger partial charge is 0.498 e. The van der Waals surface area contributed by atoms with Crippen LogP contribution < -0.4 is 0 Å². The third-order valence-corrected chi connectivity index (χ3v) is 11.0. The van der Waals surface area contributed by atoms with Crippen LogP contribution in [-0.4, -0.2) is 66.5 Å². The third kappa shape index (κ3) is 18.8. The molecule has 0 amide bonds. The highest BCUT2D eigenvalue weighted by Gasteiger charge is 2.32. The Balaban J connectivity index is 3.73. The molecule has 12 heteroatoms. The van der Waals surface area contributed by atoms with Gasteiger partial charge < -0.3 is 28.7 Å². The highest BCUT2D eigenvalue weighted by atomic mass is 28.4. The second-order valence-corrected chi connectivity index (χ2v) is 16.0. The van der Waals surface area contributed by atoms with E-state index in [1.165, 1.54) is 6.26 Å². The Kier molecular flexibility index (Phi) is 17.0. The predicted octanol–water partition coefficient (Wildman–Crippen LogP) is 2.43. The highest BCUT2D eigenvalue weighted by Crippen LogP contribution is 2.23. The van der Waals surface area contributed by atoms with Crippen LogP contribution in [0.1, 0.15) is 12.8 Å². The maximum atomic E-state index is 8.70. The summed E-state index contributed by atoms with van der Waals surface area (Å²) in [5.41, 5.74) is 0. The minimum atomic E-state index is -1.76. The molecule has 0 aliphatic rings. The lowest BCUT2D eigenvalue weighted by molar-refractivity contribution is -0.700. The molecule has 0 aliphatic heterocycles. The van der Waals surface area contributed by atoms with Crippen LogP contribution in [0, 0.1) is 0 Å². The molecule has 0 rings (SSSR count). The van der Waals surface area contributed by atoms with Crippen LogP contribution in [-0.2, 0) is 38.5 Å². The van der Waals surface area contributed by atoms with E-state index in [0.29, 0.717) is 19.8 Å². The third-order valence-electron chi connectivity index (χ3n) is 3.42. The molecular formula is C16H36O10Si2. The summed E-state index contributed by atoms with van der Waals surface area (Å²) in [6, 6.07) is 2.04. The Hall–Kier alpha value is -0.546. The molecule has 10 nitrogen and oxygen atoms in total. The summed E-state index contributed by atoms with van der Waals surface area (Å²) < 4.78 is 17.1. The Morgan fingerprint density at radius 2 is 1.36 bits per heavy atom. The van der Waals surface area contributed by atoms with Gasteiger partial charge in [0.25, 0.3) is 0 Å². The number of hydrogen-bond acceptors (Lipinski definition) is 10. The Morgan fingerprint density at radius 1 is 0.714 bits per heavy atom. The van der Waals surface area contributed by atoms with Gasteiger partial charge in [0, 0.05) is 16.7 Å². The first kappa shape index (κ1) is 27.5. The average Bonchev–Trinajstić information content (AvgIpc) is 2.61. The zero-order chi connectivity index (χ0) is 21.1. The van der Waals surface area contributed by atoms with E-state index < -0.39 is 16.6 Å². The molecule has 0 heterocycles. The molecule has 0 fully saturated rings. The second-order valence-electron chi connectivity index (χ2n) is 7.15. The van der Waals surface area contributed by atoms with Crippen LogP contribution >= 0.6 is 0 Å². The van der Waals surface area contributed by atoms with Gasteiger partial charge in [0.15, 0.2) is 22.9 Å². The Morgan fingerprint density at radius 3 is 2.00 bits per heavy atom. The molecule has 0 unspecified atom stereocenters. The quantitative estimate of drug-likeness (QED) is 0.0953. The van der Waals surface area contributed by atoms with Gasteiger partial charge in [0.2, 0.25) is 0 Å². The molecule has 0 atom stereocenters. The van der Waals surface area contributed by atoms with Gasteiger partial charge in [-0.05, 0) is 56.2 Å². The molecule has 2 N–H and O–H groups in total.